The molecule has 2 saturated carbocycles. The van der Waals surface area contributed by atoms with E-state index in [1.54, 1.807) is 36.4 Å². The monoisotopic (exact) mass is 514 g/mol. The van der Waals surface area contributed by atoms with Crippen LogP contribution in [0.25, 0.3) is 0 Å². The Bertz CT molecular complexity index is 1230. The van der Waals surface area contributed by atoms with Crippen LogP contribution < -0.4 is 21.3 Å². The lowest BCUT2D eigenvalue weighted by Crippen LogP contribution is -2.49. The Kier molecular flexibility index (Phi) is 7.61. The number of hydrogen-bond acceptors (Lipinski definition) is 6. The van der Waals surface area contributed by atoms with Crippen LogP contribution in [0.4, 0.5) is 11.4 Å². The largest absolute Gasteiger partial charge is 0.366 e. The van der Waals surface area contributed by atoms with Crippen molar-refractivity contribution in [2.24, 2.45) is 11.7 Å². The summed E-state index contributed by atoms with van der Waals surface area (Å²) in [4.78, 5) is 42.8. The van der Waals surface area contributed by atoms with Crippen molar-refractivity contribution in [2.45, 2.75) is 50.6 Å². The minimum Gasteiger partial charge on any atom is -0.366 e. The highest BCUT2D eigenvalue weighted by atomic mass is 16.2. The van der Waals surface area contributed by atoms with Crippen molar-refractivity contribution in [3.05, 3.63) is 59.2 Å². The fraction of sp³-hybridized carbons (Fsp3) is 0.448. The SMILES string of the molecule is N#Cc1ccc(C(=O)Nc2cc(C(=O)NC3CCC(N)CC3)ccc2N2CCN(C(=O)C3CC3)CC2)cc1. The normalized spacial score (nSPS) is 21.4. The van der Waals surface area contributed by atoms with Gasteiger partial charge in [-0.05, 0) is 81.0 Å². The van der Waals surface area contributed by atoms with E-state index in [2.05, 4.69) is 21.6 Å². The number of nitriles is 1. The number of rotatable bonds is 6. The van der Waals surface area contributed by atoms with Gasteiger partial charge in [0.25, 0.3) is 11.8 Å². The van der Waals surface area contributed by atoms with E-state index in [1.165, 1.54) is 0 Å². The Morgan fingerprint density at radius 2 is 1.50 bits per heavy atom. The molecule has 1 aliphatic heterocycles. The minimum atomic E-state index is -0.322. The molecule has 0 aromatic heterocycles. The van der Waals surface area contributed by atoms with Crippen LogP contribution in [0.2, 0.25) is 0 Å². The van der Waals surface area contributed by atoms with Gasteiger partial charge >= 0.3 is 0 Å². The molecular weight excluding hydrogens is 480 g/mol. The summed E-state index contributed by atoms with van der Waals surface area (Å²) in [7, 11) is 0. The van der Waals surface area contributed by atoms with Gasteiger partial charge in [0.1, 0.15) is 0 Å². The first-order chi connectivity index (χ1) is 18.4. The zero-order chi connectivity index (χ0) is 26.6. The average Bonchev–Trinajstić information content (AvgIpc) is 3.80. The predicted octanol–water partition coefficient (Wildman–Crippen LogP) is 2.87. The molecule has 2 aliphatic carbocycles. The third kappa shape index (κ3) is 5.97. The second-order valence-corrected chi connectivity index (χ2v) is 10.5. The molecule has 38 heavy (non-hydrogen) atoms. The molecule has 9 heteroatoms. The number of hydrogen-bond donors (Lipinski definition) is 3. The zero-order valence-electron chi connectivity index (χ0n) is 21.5. The first kappa shape index (κ1) is 25.7. The summed E-state index contributed by atoms with van der Waals surface area (Å²) in [5.41, 5.74) is 8.72. The number of carbonyl (C=O) groups excluding carboxylic acids is 3. The van der Waals surface area contributed by atoms with E-state index in [9.17, 15) is 14.4 Å². The van der Waals surface area contributed by atoms with Crippen molar-refractivity contribution in [3.8, 4) is 6.07 Å². The average molecular weight is 515 g/mol. The smallest absolute Gasteiger partial charge is 0.255 e. The highest BCUT2D eigenvalue weighted by molar-refractivity contribution is 6.07. The summed E-state index contributed by atoms with van der Waals surface area (Å²) >= 11 is 0. The summed E-state index contributed by atoms with van der Waals surface area (Å²) in [5, 5.41) is 15.2. The van der Waals surface area contributed by atoms with E-state index in [1.807, 2.05) is 11.0 Å². The Morgan fingerprint density at radius 3 is 2.13 bits per heavy atom. The molecule has 0 spiro atoms. The van der Waals surface area contributed by atoms with Crippen LogP contribution in [0.3, 0.4) is 0 Å². The number of carbonyl (C=O) groups is 3. The molecule has 2 aromatic rings. The van der Waals surface area contributed by atoms with Gasteiger partial charge in [-0.15, -0.1) is 0 Å². The number of amides is 3. The number of anilines is 2. The van der Waals surface area contributed by atoms with Gasteiger partial charge in [0.2, 0.25) is 5.91 Å². The maximum absolute atomic E-state index is 13.1. The molecule has 0 bridgehead atoms. The number of piperazine rings is 1. The van der Waals surface area contributed by atoms with Gasteiger partial charge in [-0.2, -0.15) is 5.26 Å². The van der Waals surface area contributed by atoms with E-state index in [0.717, 1.165) is 44.2 Å². The Morgan fingerprint density at radius 1 is 0.842 bits per heavy atom. The van der Waals surface area contributed by atoms with Crippen molar-refractivity contribution in [1.82, 2.24) is 10.2 Å². The Hall–Kier alpha value is -3.90. The number of nitrogens with one attached hydrogen (secondary N) is 2. The quantitative estimate of drug-likeness (QED) is 0.543. The first-order valence-corrected chi connectivity index (χ1v) is 13.5. The van der Waals surface area contributed by atoms with Crippen molar-refractivity contribution in [1.29, 1.82) is 5.26 Å². The lowest BCUT2D eigenvalue weighted by Gasteiger charge is -2.37. The number of nitrogens with two attached hydrogens (primary N) is 1. The van der Waals surface area contributed by atoms with Gasteiger partial charge in [0, 0.05) is 55.3 Å². The summed E-state index contributed by atoms with van der Waals surface area (Å²) in [6.45, 7) is 2.55. The summed E-state index contributed by atoms with van der Waals surface area (Å²) in [6.07, 6.45) is 5.48. The van der Waals surface area contributed by atoms with Gasteiger partial charge in [0.05, 0.1) is 23.0 Å². The topological polar surface area (TPSA) is 132 Å². The maximum atomic E-state index is 13.1. The number of benzene rings is 2. The van der Waals surface area contributed by atoms with Gasteiger partial charge in [-0.1, -0.05) is 0 Å². The van der Waals surface area contributed by atoms with Crippen molar-refractivity contribution in [3.63, 3.8) is 0 Å². The molecule has 3 aliphatic rings. The van der Waals surface area contributed by atoms with E-state index >= 15 is 0 Å². The van der Waals surface area contributed by atoms with Crippen molar-refractivity contribution < 1.29 is 14.4 Å². The molecule has 0 unspecified atom stereocenters. The van der Waals surface area contributed by atoms with Crippen LogP contribution in [0.5, 0.6) is 0 Å². The molecule has 3 amide bonds. The molecule has 1 saturated heterocycles. The first-order valence-electron chi connectivity index (χ1n) is 13.5. The second-order valence-electron chi connectivity index (χ2n) is 10.5. The van der Waals surface area contributed by atoms with Crippen molar-refractivity contribution >= 4 is 29.1 Å². The molecule has 9 nitrogen and oxygen atoms in total. The molecular formula is C29H34N6O3. The Balaban J connectivity index is 1.34. The zero-order valence-corrected chi connectivity index (χ0v) is 21.5. The standard InChI is InChI=1S/C29H34N6O3/c30-18-19-1-3-20(4-2-19)27(36)33-25-17-22(28(37)32-24-10-8-23(31)9-11-24)7-12-26(25)34-13-15-35(16-14-34)29(38)21-5-6-21/h1-4,7,12,17,21,23-24H,5-6,8-11,13-16,31H2,(H,32,37)(H,33,36). The lowest BCUT2D eigenvalue weighted by molar-refractivity contribution is -0.132. The van der Waals surface area contributed by atoms with E-state index in [4.69, 9.17) is 11.0 Å². The predicted molar refractivity (Wildman–Crippen MR) is 145 cm³/mol. The van der Waals surface area contributed by atoms with Crippen LogP contribution >= 0.6 is 0 Å². The molecule has 5 rings (SSSR count). The van der Waals surface area contributed by atoms with Crippen LogP contribution in [0.1, 0.15) is 64.8 Å². The molecule has 0 atom stereocenters. The molecule has 4 N–H and O–H groups in total. The molecule has 0 radical (unpaired) electrons. The van der Waals surface area contributed by atoms with E-state index in [0.29, 0.717) is 48.6 Å². The van der Waals surface area contributed by atoms with Gasteiger partial charge in [-0.3, -0.25) is 14.4 Å². The summed E-state index contributed by atoms with van der Waals surface area (Å²) < 4.78 is 0. The fourth-order valence-corrected chi connectivity index (χ4v) is 5.23. The number of nitrogens with zero attached hydrogens (tertiary/aromatic N) is 3. The highest BCUT2D eigenvalue weighted by Gasteiger charge is 2.35. The molecule has 2 aromatic carbocycles. The second kappa shape index (κ2) is 11.2. The molecule has 3 fully saturated rings. The van der Waals surface area contributed by atoms with Crippen LogP contribution in [-0.4, -0.2) is 60.9 Å². The van der Waals surface area contributed by atoms with Crippen molar-refractivity contribution in [2.75, 3.05) is 36.4 Å². The van der Waals surface area contributed by atoms with Gasteiger partial charge in [-0.25, -0.2) is 0 Å². The fourth-order valence-electron chi connectivity index (χ4n) is 5.23. The Labute approximate surface area is 223 Å². The van der Waals surface area contributed by atoms with Crippen LogP contribution in [0.15, 0.2) is 42.5 Å². The third-order valence-corrected chi connectivity index (χ3v) is 7.75. The molecule has 198 valence electrons. The van der Waals surface area contributed by atoms with Gasteiger partial charge < -0.3 is 26.2 Å². The summed E-state index contributed by atoms with van der Waals surface area (Å²) in [5.74, 6) is -0.0564. The van der Waals surface area contributed by atoms with E-state index in [-0.39, 0.29) is 35.7 Å². The van der Waals surface area contributed by atoms with E-state index < -0.39 is 0 Å². The maximum Gasteiger partial charge on any atom is 0.255 e. The van der Waals surface area contributed by atoms with Crippen LogP contribution in [-0.2, 0) is 4.79 Å². The summed E-state index contributed by atoms with van der Waals surface area (Å²) in [6, 6.07) is 14.2. The van der Waals surface area contributed by atoms with Crippen LogP contribution in [0, 0.1) is 17.2 Å². The third-order valence-electron chi connectivity index (χ3n) is 7.75. The van der Waals surface area contributed by atoms with Gasteiger partial charge in [0.15, 0.2) is 0 Å². The highest BCUT2D eigenvalue weighted by Crippen LogP contribution is 2.33. The minimum absolute atomic E-state index is 0.0933. The molecule has 1 heterocycles. The lowest BCUT2D eigenvalue weighted by atomic mass is 9.91.